The molecule has 0 fully saturated rings. The number of ether oxygens (including phenoxy) is 1. The number of hydrogen-bond acceptors (Lipinski definition) is 4. The van der Waals surface area contributed by atoms with Gasteiger partial charge in [-0.25, -0.2) is 4.79 Å². The number of fused-ring (bicyclic) bond motifs is 1. The normalized spacial score (nSPS) is 11.8. The summed E-state index contributed by atoms with van der Waals surface area (Å²) in [7, 11) is 0. The molecule has 0 aliphatic carbocycles. The molecule has 1 heterocycles. The Labute approximate surface area is 118 Å². The molecule has 0 atom stereocenters. The third kappa shape index (κ3) is 3.00. The molecule has 1 aromatic heterocycles. The molecule has 0 saturated heterocycles. The van der Waals surface area contributed by atoms with Gasteiger partial charge in [0.1, 0.15) is 0 Å². The Morgan fingerprint density at radius 2 is 2.05 bits per heavy atom. The van der Waals surface area contributed by atoms with Crippen molar-refractivity contribution in [3.8, 4) is 6.08 Å². The van der Waals surface area contributed by atoms with Crippen LogP contribution in [0.4, 0.5) is 0 Å². The predicted octanol–water partition coefficient (Wildman–Crippen LogP) is 3.66. The van der Waals surface area contributed by atoms with Crippen LogP contribution in [0.25, 0.3) is 10.9 Å². The highest BCUT2D eigenvalue weighted by atomic mass is 16.6. The van der Waals surface area contributed by atoms with Crippen LogP contribution in [0.3, 0.4) is 0 Å². The van der Waals surface area contributed by atoms with Crippen molar-refractivity contribution >= 4 is 10.9 Å². The van der Waals surface area contributed by atoms with Crippen LogP contribution in [0, 0.1) is 0 Å². The molecule has 0 aliphatic rings. The van der Waals surface area contributed by atoms with Crippen LogP contribution in [0.15, 0.2) is 27.4 Å². The lowest BCUT2D eigenvalue weighted by Crippen LogP contribution is -2.16. The van der Waals surface area contributed by atoms with Crippen LogP contribution >= 0.6 is 0 Å². The van der Waals surface area contributed by atoms with Gasteiger partial charge >= 0.3 is 11.7 Å². The highest BCUT2D eigenvalue weighted by Gasteiger charge is 2.20. The van der Waals surface area contributed by atoms with Gasteiger partial charge in [-0.2, -0.15) is 4.98 Å². The van der Waals surface area contributed by atoms with Crippen LogP contribution in [0.1, 0.15) is 46.1 Å². The van der Waals surface area contributed by atoms with E-state index in [1.165, 1.54) is 0 Å². The zero-order valence-corrected chi connectivity index (χ0v) is 12.5. The Bertz CT molecular complexity index is 653. The van der Waals surface area contributed by atoms with Gasteiger partial charge in [0.05, 0.1) is 17.5 Å². The zero-order valence-electron chi connectivity index (χ0n) is 12.5. The molecule has 4 nitrogen and oxygen atoms in total. The predicted molar refractivity (Wildman–Crippen MR) is 79.4 cm³/mol. The van der Waals surface area contributed by atoms with E-state index >= 15 is 0 Å². The molecule has 0 aliphatic heterocycles. The first kappa shape index (κ1) is 14.6. The lowest BCUT2D eigenvalue weighted by Gasteiger charge is -2.20. The molecule has 2 rings (SSSR count). The van der Waals surface area contributed by atoms with E-state index < -0.39 is 0 Å². The van der Waals surface area contributed by atoms with Crippen molar-refractivity contribution in [3.63, 3.8) is 0 Å². The largest absolute Gasteiger partial charge is 0.450 e. The quantitative estimate of drug-likeness (QED) is 0.799. The first-order valence-electron chi connectivity index (χ1n) is 7.00. The fraction of sp³-hybridized carbons (Fsp3) is 0.500. The number of hydrogen-bond donors (Lipinski definition) is 0. The molecule has 20 heavy (non-hydrogen) atoms. The molecule has 0 N–H and O–H groups in total. The second kappa shape index (κ2) is 5.65. The first-order valence-corrected chi connectivity index (χ1v) is 7.00. The summed E-state index contributed by atoms with van der Waals surface area (Å²) >= 11 is 0. The van der Waals surface area contributed by atoms with Gasteiger partial charge in [0, 0.05) is 0 Å². The molecular weight excluding hydrogens is 254 g/mol. The molecular formula is C16H21NO3. The number of aromatic nitrogens is 1. The van der Waals surface area contributed by atoms with E-state index in [1.807, 2.05) is 18.2 Å². The Kier molecular flexibility index (Phi) is 4.12. The molecule has 4 heteroatoms. The standard InChI is InChI=1S/C16H21NO3/c1-5-6-10-19-15-17-12-9-7-8-11(16(2,3)4)13(12)14(18)20-15/h7-9H,5-6,10H2,1-4H3. The van der Waals surface area contributed by atoms with Crippen molar-refractivity contribution in [2.75, 3.05) is 6.61 Å². The average molecular weight is 275 g/mol. The number of unbranched alkanes of at least 4 members (excludes halogenated alkanes) is 1. The van der Waals surface area contributed by atoms with Gasteiger partial charge in [0.2, 0.25) is 0 Å². The molecule has 0 radical (unpaired) electrons. The molecule has 2 aromatic rings. The van der Waals surface area contributed by atoms with Crippen LogP contribution in [-0.4, -0.2) is 11.6 Å². The maximum atomic E-state index is 12.2. The van der Waals surface area contributed by atoms with E-state index in [9.17, 15) is 4.79 Å². The summed E-state index contributed by atoms with van der Waals surface area (Å²) in [5.41, 5.74) is 1.05. The van der Waals surface area contributed by atoms with Gasteiger partial charge in [0.15, 0.2) is 0 Å². The smallest absolute Gasteiger partial charge is 0.397 e. The number of benzene rings is 1. The highest BCUT2D eigenvalue weighted by molar-refractivity contribution is 5.82. The van der Waals surface area contributed by atoms with E-state index in [2.05, 4.69) is 32.7 Å². The van der Waals surface area contributed by atoms with Gasteiger partial charge < -0.3 is 9.15 Å². The highest BCUT2D eigenvalue weighted by Crippen LogP contribution is 2.27. The third-order valence-corrected chi connectivity index (χ3v) is 3.17. The summed E-state index contributed by atoms with van der Waals surface area (Å²) in [4.78, 5) is 16.5. The molecule has 1 aromatic carbocycles. The maximum Gasteiger partial charge on any atom is 0.397 e. The van der Waals surface area contributed by atoms with Crippen molar-refractivity contribution in [3.05, 3.63) is 34.2 Å². The third-order valence-electron chi connectivity index (χ3n) is 3.17. The minimum atomic E-state index is -0.382. The van der Waals surface area contributed by atoms with Gasteiger partial charge in [0.25, 0.3) is 0 Å². The van der Waals surface area contributed by atoms with E-state index in [1.54, 1.807) is 0 Å². The van der Waals surface area contributed by atoms with Gasteiger partial charge in [-0.3, -0.25) is 0 Å². The summed E-state index contributed by atoms with van der Waals surface area (Å²) < 4.78 is 10.6. The SMILES string of the molecule is CCCCOc1nc2cccc(C(C)(C)C)c2c(=O)o1. The van der Waals surface area contributed by atoms with Gasteiger partial charge in [-0.05, 0) is 23.5 Å². The Hall–Kier alpha value is -1.84. The van der Waals surface area contributed by atoms with Crippen LogP contribution in [0.2, 0.25) is 0 Å². The monoisotopic (exact) mass is 275 g/mol. The Morgan fingerprint density at radius 1 is 1.30 bits per heavy atom. The summed E-state index contributed by atoms with van der Waals surface area (Å²) in [6.07, 6.45) is 1.99. The second-order valence-corrected chi connectivity index (χ2v) is 5.92. The first-order chi connectivity index (χ1) is 9.43. The van der Waals surface area contributed by atoms with E-state index in [0.29, 0.717) is 17.5 Å². The summed E-state index contributed by atoms with van der Waals surface area (Å²) in [6, 6.07) is 5.66. The fourth-order valence-electron chi connectivity index (χ4n) is 2.09. The zero-order chi connectivity index (χ0) is 14.8. The van der Waals surface area contributed by atoms with Gasteiger partial charge in [-0.1, -0.05) is 46.2 Å². The second-order valence-electron chi connectivity index (χ2n) is 5.92. The van der Waals surface area contributed by atoms with Crippen molar-refractivity contribution < 1.29 is 9.15 Å². The lowest BCUT2D eigenvalue weighted by atomic mass is 9.85. The van der Waals surface area contributed by atoms with Crippen molar-refractivity contribution in [2.45, 2.75) is 46.0 Å². The van der Waals surface area contributed by atoms with E-state index in [4.69, 9.17) is 9.15 Å². The maximum absolute atomic E-state index is 12.2. The van der Waals surface area contributed by atoms with E-state index in [-0.39, 0.29) is 17.1 Å². The summed E-state index contributed by atoms with van der Waals surface area (Å²) in [5.74, 6) is 0. The number of rotatable bonds is 4. The lowest BCUT2D eigenvalue weighted by molar-refractivity contribution is 0.213. The minimum absolute atomic E-state index is 0.0574. The summed E-state index contributed by atoms with van der Waals surface area (Å²) in [5, 5.41) is 0.544. The van der Waals surface area contributed by atoms with Crippen LogP contribution < -0.4 is 10.4 Å². The van der Waals surface area contributed by atoms with E-state index in [0.717, 1.165) is 18.4 Å². The molecule has 0 bridgehead atoms. The van der Waals surface area contributed by atoms with Crippen LogP contribution in [-0.2, 0) is 5.41 Å². The Morgan fingerprint density at radius 3 is 2.70 bits per heavy atom. The Balaban J connectivity index is 2.50. The van der Waals surface area contributed by atoms with Crippen molar-refractivity contribution in [1.29, 1.82) is 0 Å². The summed E-state index contributed by atoms with van der Waals surface area (Å²) in [6.45, 7) is 8.77. The molecule has 0 spiro atoms. The molecule has 0 amide bonds. The topological polar surface area (TPSA) is 52.3 Å². The molecule has 108 valence electrons. The van der Waals surface area contributed by atoms with Gasteiger partial charge in [-0.15, -0.1) is 0 Å². The van der Waals surface area contributed by atoms with Crippen molar-refractivity contribution in [1.82, 2.24) is 4.98 Å². The van der Waals surface area contributed by atoms with Crippen LogP contribution in [0.5, 0.6) is 6.08 Å². The molecule has 0 unspecified atom stereocenters. The molecule has 0 saturated carbocycles. The fourth-order valence-corrected chi connectivity index (χ4v) is 2.09. The number of nitrogens with zero attached hydrogens (tertiary/aromatic N) is 1. The van der Waals surface area contributed by atoms with Crippen molar-refractivity contribution in [2.24, 2.45) is 0 Å². The average Bonchev–Trinajstić information content (AvgIpc) is 2.37. The minimum Gasteiger partial charge on any atom is -0.450 e.